The number of nitrogens with two attached hydrogens (primary N) is 1. The Hall–Kier alpha value is -3.32. The van der Waals surface area contributed by atoms with Gasteiger partial charge in [-0.1, -0.05) is 6.07 Å². The molecule has 1 aliphatic rings. The monoisotopic (exact) mass is 388 g/mol. The zero-order valence-electron chi connectivity index (χ0n) is 14.9. The number of rotatable bonds is 2. The van der Waals surface area contributed by atoms with E-state index < -0.39 is 0 Å². The molecule has 6 nitrogen and oxygen atoms in total. The maximum absolute atomic E-state index is 12.9. The molecule has 0 atom stereocenters. The average molecular weight is 388 g/mol. The number of pyridine rings is 2. The Labute approximate surface area is 164 Å². The van der Waals surface area contributed by atoms with Crippen molar-refractivity contribution >= 4 is 55.5 Å². The van der Waals surface area contributed by atoms with Gasteiger partial charge in [-0.3, -0.25) is 14.6 Å². The molecule has 5 rings (SSSR count). The van der Waals surface area contributed by atoms with Crippen molar-refractivity contribution in [2.24, 2.45) is 0 Å². The molecular formula is C21H16N4O2S. The molecule has 0 fully saturated rings. The van der Waals surface area contributed by atoms with Crippen molar-refractivity contribution in [2.75, 3.05) is 11.1 Å². The van der Waals surface area contributed by atoms with Crippen LogP contribution in [0.4, 0.5) is 11.4 Å². The minimum atomic E-state index is -0.291. The van der Waals surface area contributed by atoms with Crippen LogP contribution in [0.5, 0.6) is 0 Å². The van der Waals surface area contributed by atoms with Crippen molar-refractivity contribution in [3.63, 3.8) is 0 Å². The summed E-state index contributed by atoms with van der Waals surface area (Å²) in [6, 6.07) is 11.1. The first-order valence-electron chi connectivity index (χ1n) is 9.02. The second-order valence-corrected chi connectivity index (χ2v) is 7.79. The summed E-state index contributed by atoms with van der Waals surface area (Å²) in [7, 11) is 0. The normalized spacial score (nSPS) is 13.6. The zero-order chi connectivity index (χ0) is 19.3. The summed E-state index contributed by atoms with van der Waals surface area (Å²) in [4.78, 5) is 35.1. The van der Waals surface area contributed by atoms with Gasteiger partial charge in [-0.25, -0.2) is 4.98 Å². The van der Waals surface area contributed by atoms with Crippen molar-refractivity contribution < 1.29 is 9.59 Å². The highest BCUT2D eigenvalue weighted by molar-refractivity contribution is 7.21. The fourth-order valence-electron chi connectivity index (χ4n) is 3.62. The Morgan fingerprint density at radius 1 is 1.14 bits per heavy atom. The third kappa shape index (κ3) is 2.63. The van der Waals surface area contributed by atoms with E-state index in [1.165, 1.54) is 11.3 Å². The Morgan fingerprint density at radius 3 is 2.93 bits per heavy atom. The maximum atomic E-state index is 12.9. The van der Waals surface area contributed by atoms with Crippen LogP contribution in [0.15, 0.2) is 42.6 Å². The molecule has 7 heteroatoms. The molecule has 1 amide bonds. The van der Waals surface area contributed by atoms with Gasteiger partial charge in [0, 0.05) is 29.0 Å². The summed E-state index contributed by atoms with van der Waals surface area (Å²) in [5, 5.41) is 4.47. The predicted octanol–water partition coefficient (Wildman–Crippen LogP) is 4.20. The minimum absolute atomic E-state index is 0.0931. The number of benzene rings is 1. The molecular weight excluding hydrogens is 372 g/mol. The van der Waals surface area contributed by atoms with E-state index in [1.807, 2.05) is 30.3 Å². The van der Waals surface area contributed by atoms with Gasteiger partial charge in [-0.2, -0.15) is 0 Å². The second-order valence-electron chi connectivity index (χ2n) is 6.79. The summed E-state index contributed by atoms with van der Waals surface area (Å²) in [5.74, 6) is -0.198. The summed E-state index contributed by atoms with van der Waals surface area (Å²) in [6.07, 6.45) is 3.84. The average Bonchev–Trinajstić information content (AvgIpc) is 3.03. The quantitative estimate of drug-likeness (QED) is 0.536. The second kappa shape index (κ2) is 6.38. The van der Waals surface area contributed by atoms with Gasteiger partial charge in [0.25, 0.3) is 5.91 Å². The minimum Gasteiger partial charge on any atom is -0.397 e. The van der Waals surface area contributed by atoms with E-state index in [0.29, 0.717) is 38.5 Å². The number of thiophene rings is 1. The smallest absolute Gasteiger partial charge is 0.267 e. The first kappa shape index (κ1) is 16.8. The van der Waals surface area contributed by atoms with Gasteiger partial charge in [0.1, 0.15) is 9.71 Å². The number of hydrogen-bond donors (Lipinski definition) is 2. The number of aromatic nitrogens is 2. The highest BCUT2D eigenvalue weighted by Gasteiger charge is 2.23. The lowest BCUT2D eigenvalue weighted by Crippen LogP contribution is -2.12. The van der Waals surface area contributed by atoms with Crippen LogP contribution in [0.1, 0.15) is 38.6 Å². The first-order chi connectivity index (χ1) is 13.6. The molecule has 1 aliphatic carbocycles. The number of ketones is 1. The molecule has 28 heavy (non-hydrogen) atoms. The van der Waals surface area contributed by atoms with Gasteiger partial charge in [-0.15, -0.1) is 11.3 Å². The van der Waals surface area contributed by atoms with Gasteiger partial charge >= 0.3 is 0 Å². The standard InChI is InChI=1S/C21H16N4O2S/c22-18-13-10-12-16(7-2-8-17(12)26)25-21(13)28-19(18)20(27)24-15-6-1-5-14-11(15)4-3-9-23-14/h1,3-6,9-10H,2,7-8,22H2,(H,24,27). The number of nitrogens with zero attached hydrogens (tertiary/aromatic N) is 2. The van der Waals surface area contributed by atoms with Crippen molar-refractivity contribution in [2.45, 2.75) is 19.3 Å². The third-order valence-electron chi connectivity index (χ3n) is 5.02. The van der Waals surface area contributed by atoms with Crippen LogP contribution in [0.3, 0.4) is 0 Å². The number of hydrogen-bond acceptors (Lipinski definition) is 6. The van der Waals surface area contributed by atoms with Gasteiger partial charge in [0.2, 0.25) is 0 Å². The number of amides is 1. The summed E-state index contributed by atoms with van der Waals surface area (Å²) >= 11 is 1.26. The lowest BCUT2D eigenvalue weighted by molar-refractivity contribution is 0.0970. The van der Waals surface area contributed by atoms with Gasteiger partial charge in [-0.05, 0) is 43.2 Å². The highest BCUT2D eigenvalue weighted by atomic mass is 32.1. The fraction of sp³-hybridized carbons (Fsp3) is 0.143. The van der Waals surface area contributed by atoms with Crippen LogP contribution >= 0.6 is 11.3 Å². The van der Waals surface area contributed by atoms with Crippen molar-refractivity contribution in [3.05, 3.63) is 58.7 Å². The lowest BCUT2D eigenvalue weighted by atomic mass is 9.94. The third-order valence-corrected chi connectivity index (χ3v) is 6.13. The largest absolute Gasteiger partial charge is 0.397 e. The molecule has 0 spiro atoms. The summed E-state index contributed by atoms with van der Waals surface area (Å²) in [5.41, 5.74) is 9.55. The van der Waals surface area contributed by atoms with Crippen LogP contribution < -0.4 is 11.1 Å². The molecule has 3 heterocycles. The predicted molar refractivity (Wildman–Crippen MR) is 111 cm³/mol. The Balaban J connectivity index is 1.56. The van der Waals surface area contributed by atoms with Crippen LogP contribution in [0, 0.1) is 0 Å². The molecule has 138 valence electrons. The van der Waals surface area contributed by atoms with Crippen LogP contribution in [-0.4, -0.2) is 21.7 Å². The number of anilines is 2. The van der Waals surface area contributed by atoms with Gasteiger partial charge in [0.15, 0.2) is 5.78 Å². The van der Waals surface area contributed by atoms with Crippen LogP contribution in [-0.2, 0) is 6.42 Å². The number of aryl methyl sites for hydroxylation is 1. The summed E-state index contributed by atoms with van der Waals surface area (Å²) < 4.78 is 0. The maximum Gasteiger partial charge on any atom is 0.267 e. The first-order valence-corrected chi connectivity index (χ1v) is 9.83. The van der Waals surface area contributed by atoms with E-state index in [9.17, 15) is 9.59 Å². The molecule has 1 aromatic carbocycles. The Morgan fingerprint density at radius 2 is 2.04 bits per heavy atom. The SMILES string of the molecule is Nc1c(C(=O)Nc2cccc3ncccc23)sc2nc3c(cc12)C(=O)CCC3. The fourth-order valence-corrected chi connectivity index (χ4v) is 4.61. The number of carbonyl (C=O) groups is 2. The molecule has 3 aromatic heterocycles. The number of carbonyl (C=O) groups excluding carboxylic acids is 2. The van der Waals surface area contributed by atoms with Crippen molar-refractivity contribution in [1.29, 1.82) is 0 Å². The van der Waals surface area contributed by atoms with E-state index in [-0.39, 0.29) is 11.7 Å². The molecule has 0 radical (unpaired) electrons. The molecule has 4 aromatic rings. The van der Waals surface area contributed by atoms with E-state index >= 15 is 0 Å². The van der Waals surface area contributed by atoms with Crippen LogP contribution in [0.25, 0.3) is 21.1 Å². The number of nitrogen functional groups attached to an aromatic ring is 1. The zero-order valence-corrected chi connectivity index (χ0v) is 15.7. The molecule has 0 saturated heterocycles. The van der Waals surface area contributed by atoms with Crippen molar-refractivity contribution in [1.82, 2.24) is 9.97 Å². The van der Waals surface area contributed by atoms with Crippen molar-refractivity contribution in [3.8, 4) is 0 Å². The molecule has 0 bridgehead atoms. The van der Waals surface area contributed by atoms with E-state index in [0.717, 1.165) is 29.4 Å². The topological polar surface area (TPSA) is 98.0 Å². The van der Waals surface area contributed by atoms with Crippen LogP contribution in [0.2, 0.25) is 0 Å². The summed E-state index contributed by atoms with van der Waals surface area (Å²) in [6.45, 7) is 0. The lowest BCUT2D eigenvalue weighted by Gasteiger charge is -2.13. The molecule has 0 saturated carbocycles. The van der Waals surface area contributed by atoms with Gasteiger partial charge in [0.05, 0.1) is 22.6 Å². The van der Waals surface area contributed by atoms with E-state index in [4.69, 9.17) is 5.73 Å². The number of fused-ring (bicyclic) bond motifs is 3. The molecule has 0 aliphatic heterocycles. The Bertz CT molecular complexity index is 1270. The van der Waals surface area contributed by atoms with E-state index in [2.05, 4.69) is 15.3 Å². The van der Waals surface area contributed by atoms with E-state index in [1.54, 1.807) is 12.3 Å². The van der Waals surface area contributed by atoms with Gasteiger partial charge < -0.3 is 11.1 Å². The number of Topliss-reactive ketones (excluding diaryl/α,β-unsaturated/α-hetero) is 1. The number of nitrogens with one attached hydrogen (secondary N) is 1. The molecule has 3 N–H and O–H groups in total. The highest BCUT2D eigenvalue weighted by Crippen LogP contribution is 2.36. The molecule has 0 unspecified atom stereocenters. The Kier molecular flexibility index (Phi) is 3.84.